The van der Waals surface area contributed by atoms with Crippen LogP contribution in [0, 0.1) is 0 Å². The average Bonchev–Trinajstić information content (AvgIpc) is 2.82. The molecule has 0 bridgehead atoms. The number of rotatable bonds is 6. The Morgan fingerprint density at radius 3 is 2.38 bits per heavy atom. The highest BCUT2D eigenvalue weighted by molar-refractivity contribution is 6.00. The van der Waals surface area contributed by atoms with Crippen LogP contribution in [0.15, 0.2) is 66.9 Å². The summed E-state index contributed by atoms with van der Waals surface area (Å²) in [4.78, 5) is 17.0. The molecule has 6 heteroatoms. The summed E-state index contributed by atoms with van der Waals surface area (Å²) < 4.78 is 12.2. The molecule has 2 amide bonds. The second-order valence-corrected chi connectivity index (χ2v) is 9.69. The topological polar surface area (TPSA) is 72.5 Å². The van der Waals surface area contributed by atoms with Gasteiger partial charge in [0.15, 0.2) is 0 Å². The largest absolute Gasteiger partial charge is 0.490 e. The molecule has 0 atom stereocenters. The van der Waals surface area contributed by atoms with Gasteiger partial charge < -0.3 is 20.1 Å². The normalized spacial score (nSPS) is 14.3. The summed E-state index contributed by atoms with van der Waals surface area (Å²) in [7, 11) is 0. The van der Waals surface area contributed by atoms with Crippen molar-refractivity contribution in [1.82, 2.24) is 4.98 Å². The minimum atomic E-state index is -0.372. The molecule has 1 saturated carbocycles. The smallest absolute Gasteiger partial charge is 0.323 e. The van der Waals surface area contributed by atoms with E-state index < -0.39 is 0 Å². The van der Waals surface area contributed by atoms with Gasteiger partial charge in [-0.05, 0) is 73.6 Å². The van der Waals surface area contributed by atoms with Crippen LogP contribution in [-0.2, 0) is 5.41 Å². The molecule has 0 aliphatic heterocycles. The zero-order chi connectivity index (χ0) is 24.0. The maximum Gasteiger partial charge on any atom is 0.323 e. The van der Waals surface area contributed by atoms with Gasteiger partial charge in [-0.1, -0.05) is 45.4 Å². The van der Waals surface area contributed by atoms with Gasteiger partial charge in [-0.2, -0.15) is 0 Å². The number of pyridine rings is 1. The molecule has 0 radical (unpaired) electrons. The van der Waals surface area contributed by atoms with Crippen molar-refractivity contribution < 1.29 is 14.3 Å². The third-order valence-corrected chi connectivity index (χ3v) is 5.89. The van der Waals surface area contributed by atoms with Crippen molar-refractivity contribution in [2.45, 2.75) is 64.4 Å². The molecule has 0 unspecified atom stereocenters. The van der Waals surface area contributed by atoms with Crippen molar-refractivity contribution in [3.05, 3.63) is 72.4 Å². The summed E-state index contributed by atoms with van der Waals surface area (Å²) in [6, 6.07) is 18.5. The number of ether oxygens (including phenoxy) is 2. The van der Waals surface area contributed by atoms with Crippen LogP contribution in [0.4, 0.5) is 16.2 Å². The number of anilines is 2. The number of hydrogen-bond donors (Lipinski definition) is 2. The van der Waals surface area contributed by atoms with E-state index in [2.05, 4.69) is 36.4 Å². The van der Waals surface area contributed by atoms with Crippen LogP contribution in [0.1, 0.15) is 58.4 Å². The Hall–Kier alpha value is -3.54. The summed E-state index contributed by atoms with van der Waals surface area (Å²) in [5, 5.41) is 5.71. The van der Waals surface area contributed by atoms with E-state index in [0.717, 1.165) is 24.2 Å². The number of nitrogens with zero attached hydrogens (tertiary/aromatic N) is 1. The first kappa shape index (κ1) is 23.6. The molecule has 4 rings (SSSR count). The van der Waals surface area contributed by atoms with Gasteiger partial charge in [0, 0.05) is 17.4 Å². The van der Waals surface area contributed by atoms with E-state index in [9.17, 15) is 4.79 Å². The van der Waals surface area contributed by atoms with Crippen LogP contribution in [0.25, 0.3) is 0 Å². The van der Waals surface area contributed by atoms with Crippen molar-refractivity contribution in [2.75, 3.05) is 10.6 Å². The Morgan fingerprint density at radius 2 is 1.65 bits per heavy atom. The van der Waals surface area contributed by atoms with Gasteiger partial charge in [-0.15, -0.1) is 0 Å². The molecule has 1 heterocycles. The first-order valence-electron chi connectivity index (χ1n) is 12.0. The van der Waals surface area contributed by atoms with Crippen molar-refractivity contribution in [2.24, 2.45) is 0 Å². The van der Waals surface area contributed by atoms with Crippen LogP contribution >= 0.6 is 0 Å². The third kappa shape index (κ3) is 6.28. The first-order chi connectivity index (χ1) is 16.4. The van der Waals surface area contributed by atoms with Gasteiger partial charge >= 0.3 is 6.03 Å². The van der Waals surface area contributed by atoms with E-state index in [1.165, 1.54) is 19.3 Å². The van der Waals surface area contributed by atoms with Crippen LogP contribution in [0.2, 0.25) is 0 Å². The zero-order valence-corrected chi connectivity index (χ0v) is 20.1. The summed E-state index contributed by atoms with van der Waals surface area (Å²) in [5.74, 6) is 1.88. The molecular formula is C28H33N3O3. The van der Waals surface area contributed by atoms with E-state index in [-0.39, 0.29) is 11.4 Å². The van der Waals surface area contributed by atoms with E-state index in [1.807, 2.05) is 48.5 Å². The van der Waals surface area contributed by atoms with Gasteiger partial charge in [-0.25, -0.2) is 9.78 Å². The van der Waals surface area contributed by atoms with Gasteiger partial charge in [0.05, 0.1) is 6.10 Å². The van der Waals surface area contributed by atoms with E-state index in [0.29, 0.717) is 29.1 Å². The zero-order valence-electron chi connectivity index (χ0n) is 20.1. The van der Waals surface area contributed by atoms with Crippen LogP contribution < -0.4 is 20.1 Å². The highest BCUT2D eigenvalue weighted by Crippen LogP contribution is 2.35. The SMILES string of the molecule is CC(C)(C)c1ccccc1Oc1ncccc1NC(=O)Nc1ccc(OC2CCCCC2)cc1. The molecule has 2 N–H and O–H groups in total. The number of carbonyl (C=O) groups is 1. The number of aromatic nitrogens is 1. The first-order valence-corrected chi connectivity index (χ1v) is 12.0. The monoisotopic (exact) mass is 459 g/mol. The molecular weight excluding hydrogens is 426 g/mol. The molecule has 1 aromatic heterocycles. The molecule has 2 aromatic carbocycles. The van der Waals surface area contributed by atoms with Crippen molar-refractivity contribution in [1.29, 1.82) is 0 Å². The number of carbonyl (C=O) groups excluding carboxylic acids is 1. The lowest BCUT2D eigenvalue weighted by molar-refractivity contribution is 0.155. The fourth-order valence-corrected chi connectivity index (χ4v) is 4.12. The predicted molar refractivity (Wildman–Crippen MR) is 136 cm³/mol. The lowest BCUT2D eigenvalue weighted by Crippen LogP contribution is -2.20. The van der Waals surface area contributed by atoms with Crippen molar-refractivity contribution in [3.8, 4) is 17.4 Å². The van der Waals surface area contributed by atoms with Crippen LogP contribution in [-0.4, -0.2) is 17.1 Å². The second kappa shape index (κ2) is 10.6. The molecule has 0 spiro atoms. The fourth-order valence-electron chi connectivity index (χ4n) is 4.12. The van der Waals surface area contributed by atoms with Gasteiger partial charge in [-0.3, -0.25) is 0 Å². The summed E-state index contributed by atoms with van der Waals surface area (Å²) >= 11 is 0. The summed E-state index contributed by atoms with van der Waals surface area (Å²) in [6.45, 7) is 6.39. The number of urea groups is 1. The Kier molecular flexibility index (Phi) is 7.36. The Bertz CT molecular complexity index is 1100. The molecule has 34 heavy (non-hydrogen) atoms. The van der Waals surface area contributed by atoms with Crippen molar-refractivity contribution in [3.63, 3.8) is 0 Å². The average molecular weight is 460 g/mol. The highest BCUT2D eigenvalue weighted by atomic mass is 16.5. The molecule has 3 aromatic rings. The molecule has 1 fully saturated rings. The molecule has 6 nitrogen and oxygen atoms in total. The number of benzene rings is 2. The quantitative estimate of drug-likeness (QED) is 0.400. The number of nitrogens with one attached hydrogen (secondary N) is 2. The molecule has 1 aliphatic rings. The van der Waals surface area contributed by atoms with Gasteiger partial charge in [0.25, 0.3) is 0 Å². The van der Waals surface area contributed by atoms with E-state index in [1.54, 1.807) is 18.3 Å². The standard InChI is InChI=1S/C28H33N3O3/c1-28(2,3)23-12-7-8-14-25(23)34-26-24(13-9-19-29-26)31-27(32)30-20-15-17-22(18-16-20)33-21-10-5-4-6-11-21/h7-9,12-19,21H,4-6,10-11H2,1-3H3,(H2,30,31,32). The molecule has 1 aliphatic carbocycles. The second-order valence-electron chi connectivity index (χ2n) is 9.69. The maximum absolute atomic E-state index is 12.7. The molecule has 178 valence electrons. The fraction of sp³-hybridized carbons (Fsp3) is 0.357. The van der Waals surface area contributed by atoms with Gasteiger partial charge in [0.1, 0.15) is 17.2 Å². The van der Waals surface area contributed by atoms with Gasteiger partial charge in [0.2, 0.25) is 5.88 Å². The van der Waals surface area contributed by atoms with E-state index >= 15 is 0 Å². The van der Waals surface area contributed by atoms with Crippen LogP contribution in [0.5, 0.6) is 17.4 Å². The lowest BCUT2D eigenvalue weighted by Gasteiger charge is -2.23. The predicted octanol–water partition coefficient (Wildman–Crippen LogP) is 7.53. The minimum Gasteiger partial charge on any atom is -0.490 e. The van der Waals surface area contributed by atoms with Crippen LogP contribution in [0.3, 0.4) is 0 Å². The Balaban J connectivity index is 1.40. The summed E-state index contributed by atoms with van der Waals surface area (Å²) in [5.41, 5.74) is 2.13. The number of para-hydroxylation sites is 1. The Morgan fingerprint density at radius 1 is 0.912 bits per heavy atom. The highest BCUT2D eigenvalue weighted by Gasteiger charge is 2.20. The third-order valence-electron chi connectivity index (χ3n) is 5.89. The molecule has 0 saturated heterocycles. The van der Waals surface area contributed by atoms with E-state index in [4.69, 9.17) is 9.47 Å². The minimum absolute atomic E-state index is 0.0940. The summed E-state index contributed by atoms with van der Waals surface area (Å²) in [6.07, 6.45) is 7.91. The Labute approximate surface area is 201 Å². The number of amides is 2. The van der Waals surface area contributed by atoms with Crippen molar-refractivity contribution >= 4 is 17.4 Å². The number of hydrogen-bond acceptors (Lipinski definition) is 4. The lowest BCUT2D eigenvalue weighted by atomic mass is 9.86. The maximum atomic E-state index is 12.7.